The number of hydrogen-bond donors (Lipinski definition) is 1. The lowest BCUT2D eigenvalue weighted by atomic mass is 9.54. The maximum atomic E-state index is 10.2. The predicted molar refractivity (Wildman–Crippen MR) is 125 cm³/mol. The van der Waals surface area contributed by atoms with Crippen LogP contribution in [0.2, 0.25) is 0 Å². The molecule has 33 heavy (non-hydrogen) atoms. The normalized spacial score (nSPS) is 23.9. The van der Waals surface area contributed by atoms with Gasteiger partial charge in [-0.2, -0.15) is 15.8 Å². The zero-order chi connectivity index (χ0) is 24.0. The Morgan fingerprint density at radius 1 is 1.09 bits per heavy atom. The van der Waals surface area contributed by atoms with Gasteiger partial charge in [0.1, 0.15) is 5.92 Å². The van der Waals surface area contributed by atoms with E-state index in [0.29, 0.717) is 37.8 Å². The van der Waals surface area contributed by atoms with Crippen molar-refractivity contribution >= 4 is 5.71 Å². The monoisotopic (exact) mass is 445 g/mol. The van der Waals surface area contributed by atoms with Gasteiger partial charge in [0.25, 0.3) is 0 Å². The Labute approximate surface area is 196 Å². The number of hydrogen-bond acceptors (Lipinski definition) is 7. The standard InChI is InChI=1S/C26H31N5O2/c1-4-10-31-11-9-19-20(14-27)25(30)26(16-28,17-29)24(21(19)15-31)18-7-8-22(33-12-5-2)23(13-18)32-6-3/h7-9,13,20-21,24,30H,4-6,10-12,15H2,1-3H3/t20?,21-,24+/m0/s1. The number of fused-ring (bicyclic) bond motifs is 1. The molecule has 7 heteroatoms. The highest BCUT2D eigenvalue weighted by Crippen LogP contribution is 2.54. The minimum atomic E-state index is -1.73. The van der Waals surface area contributed by atoms with E-state index >= 15 is 0 Å². The topological polar surface area (TPSA) is 117 Å². The first kappa shape index (κ1) is 24.3. The Bertz CT molecular complexity index is 1030. The van der Waals surface area contributed by atoms with Gasteiger partial charge < -0.3 is 14.9 Å². The van der Waals surface area contributed by atoms with E-state index in [0.717, 1.165) is 30.5 Å². The van der Waals surface area contributed by atoms with E-state index < -0.39 is 17.3 Å². The molecule has 1 fully saturated rings. The lowest BCUT2D eigenvalue weighted by molar-refractivity contribution is 0.204. The van der Waals surface area contributed by atoms with E-state index in [2.05, 4.69) is 30.0 Å². The molecule has 0 spiro atoms. The van der Waals surface area contributed by atoms with Crippen molar-refractivity contribution in [1.29, 1.82) is 21.2 Å². The second kappa shape index (κ2) is 10.5. The third kappa shape index (κ3) is 4.32. The Balaban J connectivity index is 2.18. The maximum Gasteiger partial charge on any atom is 0.189 e. The van der Waals surface area contributed by atoms with Gasteiger partial charge in [-0.05, 0) is 49.6 Å². The molecular weight excluding hydrogens is 414 g/mol. The van der Waals surface area contributed by atoms with E-state index in [1.54, 1.807) is 0 Å². The maximum absolute atomic E-state index is 10.2. The molecule has 0 radical (unpaired) electrons. The summed E-state index contributed by atoms with van der Waals surface area (Å²) in [6.07, 6.45) is 3.87. The highest BCUT2D eigenvalue weighted by molar-refractivity contribution is 6.00. The summed E-state index contributed by atoms with van der Waals surface area (Å²) in [5.41, 5.74) is -0.255. The van der Waals surface area contributed by atoms with Gasteiger partial charge in [-0.3, -0.25) is 4.90 Å². The van der Waals surface area contributed by atoms with Gasteiger partial charge in [0.05, 0.1) is 37.1 Å². The van der Waals surface area contributed by atoms with Crippen molar-refractivity contribution in [3.63, 3.8) is 0 Å². The molecule has 7 nitrogen and oxygen atoms in total. The van der Waals surface area contributed by atoms with Crippen molar-refractivity contribution in [2.75, 3.05) is 32.8 Å². The summed E-state index contributed by atoms with van der Waals surface area (Å²) in [7, 11) is 0. The van der Waals surface area contributed by atoms with Crippen molar-refractivity contribution in [1.82, 2.24) is 4.90 Å². The Kier molecular flexibility index (Phi) is 7.75. The molecule has 3 atom stereocenters. The molecule has 0 bridgehead atoms. The fraction of sp³-hybridized carbons (Fsp3) is 0.538. The van der Waals surface area contributed by atoms with Crippen LogP contribution in [0.3, 0.4) is 0 Å². The molecule has 1 saturated carbocycles. The van der Waals surface area contributed by atoms with Crippen molar-refractivity contribution in [2.45, 2.75) is 39.5 Å². The van der Waals surface area contributed by atoms with Crippen molar-refractivity contribution in [3.8, 4) is 29.7 Å². The third-order valence-corrected chi connectivity index (χ3v) is 6.49. The number of nitrogens with zero attached hydrogens (tertiary/aromatic N) is 4. The van der Waals surface area contributed by atoms with E-state index in [9.17, 15) is 15.8 Å². The molecule has 1 aromatic rings. The summed E-state index contributed by atoms with van der Waals surface area (Å²) in [5.74, 6) is -0.480. The summed E-state index contributed by atoms with van der Waals surface area (Å²) < 4.78 is 11.7. The molecule has 0 aromatic heterocycles. The first-order valence-electron chi connectivity index (χ1n) is 11.6. The molecule has 1 aromatic carbocycles. The second-order valence-corrected chi connectivity index (χ2v) is 8.54. The van der Waals surface area contributed by atoms with E-state index in [1.807, 2.05) is 38.1 Å². The second-order valence-electron chi connectivity index (χ2n) is 8.54. The van der Waals surface area contributed by atoms with Crippen molar-refractivity contribution in [3.05, 3.63) is 35.4 Å². The molecule has 0 saturated heterocycles. The van der Waals surface area contributed by atoms with Gasteiger partial charge in [-0.1, -0.05) is 26.0 Å². The van der Waals surface area contributed by atoms with Gasteiger partial charge in [-0.25, -0.2) is 0 Å². The predicted octanol–water partition coefficient (Wildman–Crippen LogP) is 4.43. The average Bonchev–Trinajstić information content (AvgIpc) is 2.83. The van der Waals surface area contributed by atoms with Gasteiger partial charge in [0.15, 0.2) is 16.9 Å². The van der Waals surface area contributed by atoms with Crippen LogP contribution in [0, 0.1) is 56.7 Å². The van der Waals surface area contributed by atoms with Gasteiger partial charge >= 0.3 is 0 Å². The van der Waals surface area contributed by atoms with Crippen LogP contribution >= 0.6 is 0 Å². The smallest absolute Gasteiger partial charge is 0.189 e. The van der Waals surface area contributed by atoms with Crippen LogP contribution in [0.1, 0.15) is 45.1 Å². The molecule has 1 N–H and O–H groups in total. The number of rotatable bonds is 8. The zero-order valence-electron chi connectivity index (χ0n) is 19.6. The van der Waals surface area contributed by atoms with Gasteiger partial charge in [0.2, 0.25) is 0 Å². The first-order valence-corrected chi connectivity index (χ1v) is 11.6. The third-order valence-electron chi connectivity index (χ3n) is 6.49. The lowest BCUT2D eigenvalue weighted by Gasteiger charge is -2.47. The van der Waals surface area contributed by atoms with Crippen molar-refractivity contribution < 1.29 is 9.47 Å². The zero-order valence-corrected chi connectivity index (χ0v) is 19.6. The molecule has 3 rings (SSSR count). The van der Waals surface area contributed by atoms with Crippen LogP contribution in [0.4, 0.5) is 0 Å². The quantitative estimate of drug-likeness (QED) is 0.592. The summed E-state index contributed by atoms with van der Waals surface area (Å²) in [6.45, 7) is 9.27. The van der Waals surface area contributed by atoms with Crippen LogP contribution in [0.5, 0.6) is 11.5 Å². The molecule has 0 amide bonds. The summed E-state index contributed by atoms with van der Waals surface area (Å²) in [5, 5.41) is 39.2. The van der Waals surface area contributed by atoms with Gasteiger partial charge in [-0.15, -0.1) is 0 Å². The highest BCUT2D eigenvalue weighted by atomic mass is 16.5. The van der Waals surface area contributed by atoms with Crippen LogP contribution in [-0.2, 0) is 0 Å². The fourth-order valence-electron chi connectivity index (χ4n) is 5.06. The minimum Gasteiger partial charge on any atom is -0.490 e. The van der Waals surface area contributed by atoms with E-state index in [1.165, 1.54) is 0 Å². The Hall–Kier alpha value is -3.34. The summed E-state index contributed by atoms with van der Waals surface area (Å²) in [4.78, 5) is 2.28. The van der Waals surface area contributed by atoms with Crippen LogP contribution in [0.15, 0.2) is 29.8 Å². The molecule has 1 aliphatic heterocycles. The van der Waals surface area contributed by atoms with Crippen LogP contribution in [0.25, 0.3) is 0 Å². The van der Waals surface area contributed by atoms with Crippen LogP contribution < -0.4 is 9.47 Å². The van der Waals surface area contributed by atoms with E-state index in [-0.39, 0.29) is 11.6 Å². The number of ether oxygens (including phenoxy) is 2. The molecular formula is C26H31N5O2. The van der Waals surface area contributed by atoms with Crippen LogP contribution in [-0.4, -0.2) is 43.5 Å². The largest absolute Gasteiger partial charge is 0.490 e. The molecule has 172 valence electrons. The lowest BCUT2D eigenvalue weighted by Crippen LogP contribution is -2.52. The highest BCUT2D eigenvalue weighted by Gasteiger charge is 2.57. The fourth-order valence-corrected chi connectivity index (χ4v) is 5.06. The number of nitriles is 3. The Morgan fingerprint density at radius 2 is 1.85 bits per heavy atom. The number of nitrogens with one attached hydrogen (secondary N) is 1. The molecule has 1 aliphatic carbocycles. The SMILES string of the molecule is CCCOc1ccc([C@@H]2[C@H]3CN(CCC)CC=C3C(C#N)C(=N)C2(C#N)C#N)cc1OCC. The average molecular weight is 446 g/mol. The molecule has 1 heterocycles. The Morgan fingerprint density at radius 3 is 2.45 bits per heavy atom. The number of benzene rings is 1. The summed E-state index contributed by atoms with van der Waals surface area (Å²) in [6, 6.07) is 12.1. The van der Waals surface area contributed by atoms with E-state index in [4.69, 9.17) is 14.9 Å². The first-order chi connectivity index (χ1) is 16.0. The van der Waals surface area contributed by atoms with Gasteiger partial charge in [0, 0.05) is 24.9 Å². The van der Waals surface area contributed by atoms with Crippen molar-refractivity contribution in [2.24, 2.45) is 17.3 Å². The minimum absolute atomic E-state index is 0.129. The summed E-state index contributed by atoms with van der Waals surface area (Å²) >= 11 is 0. The molecule has 1 unspecified atom stereocenters. The molecule has 2 aliphatic rings.